The Hall–Kier alpha value is -1.99. The summed E-state index contributed by atoms with van der Waals surface area (Å²) in [4.78, 5) is 1.35. The van der Waals surface area contributed by atoms with E-state index in [-0.39, 0.29) is 0 Å². The lowest BCUT2D eigenvalue weighted by Gasteiger charge is -2.15. The largest absolute Gasteiger partial charge is 0.128 e. The van der Waals surface area contributed by atoms with Crippen molar-refractivity contribution in [3.05, 3.63) is 78.4 Å². The summed E-state index contributed by atoms with van der Waals surface area (Å²) in [7, 11) is 0. The molecule has 0 unspecified atom stereocenters. The number of aryl methyl sites for hydroxylation is 1. The van der Waals surface area contributed by atoms with Gasteiger partial charge in [-0.3, -0.25) is 0 Å². The fraction of sp³-hybridized carbons (Fsp3) is 0.100. The average Bonchev–Trinajstić information content (AvgIpc) is 2.55. The summed E-state index contributed by atoms with van der Waals surface area (Å²) < 4.78 is 0. The first-order valence-corrected chi connectivity index (χ1v) is 8.31. The van der Waals surface area contributed by atoms with Crippen LogP contribution in [0.15, 0.2) is 77.7 Å². The molecule has 0 amide bonds. The van der Waals surface area contributed by atoms with Crippen molar-refractivity contribution >= 4 is 11.8 Å². The van der Waals surface area contributed by atoms with E-state index in [4.69, 9.17) is 0 Å². The number of rotatable bonds is 3. The van der Waals surface area contributed by atoms with Crippen molar-refractivity contribution in [1.82, 2.24) is 0 Å². The predicted octanol–water partition coefficient (Wildman–Crippen LogP) is 6.05. The Balaban J connectivity index is 2.25. The molecular weight excluding hydrogens is 272 g/mol. The van der Waals surface area contributed by atoms with Crippen molar-refractivity contribution in [2.24, 2.45) is 0 Å². The lowest BCUT2D eigenvalue weighted by atomic mass is 9.96. The Morgan fingerprint density at radius 3 is 1.48 bits per heavy atom. The van der Waals surface area contributed by atoms with Crippen LogP contribution in [0.25, 0.3) is 22.3 Å². The Bertz CT molecular complexity index is 670. The summed E-state index contributed by atoms with van der Waals surface area (Å²) in [6, 6.07) is 25.8. The first-order valence-electron chi connectivity index (χ1n) is 7.09. The van der Waals surface area contributed by atoms with Crippen LogP contribution in [0, 0.1) is 6.92 Å². The molecule has 0 spiro atoms. The third-order valence-corrected chi connectivity index (χ3v) is 4.46. The molecule has 0 radical (unpaired) electrons. The SMILES string of the molecule is CSc1c(-c2ccccc2)cc(C)cc1-c1ccccc1. The maximum absolute atomic E-state index is 2.29. The van der Waals surface area contributed by atoms with Gasteiger partial charge in [0, 0.05) is 4.90 Å². The summed E-state index contributed by atoms with van der Waals surface area (Å²) in [5.74, 6) is 0. The molecular formula is C20H18S. The van der Waals surface area contributed by atoms with Gasteiger partial charge in [0.2, 0.25) is 0 Å². The van der Waals surface area contributed by atoms with Crippen LogP contribution < -0.4 is 0 Å². The molecule has 0 fully saturated rings. The Labute approximate surface area is 130 Å². The fourth-order valence-electron chi connectivity index (χ4n) is 2.66. The van der Waals surface area contributed by atoms with Crippen molar-refractivity contribution in [3.63, 3.8) is 0 Å². The molecule has 0 aromatic heterocycles. The normalized spacial score (nSPS) is 10.6. The molecule has 0 bridgehead atoms. The van der Waals surface area contributed by atoms with Gasteiger partial charge < -0.3 is 0 Å². The molecule has 0 saturated carbocycles. The molecule has 21 heavy (non-hydrogen) atoms. The second kappa shape index (κ2) is 6.19. The van der Waals surface area contributed by atoms with Crippen LogP contribution in [0.5, 0.6) is 0 Å². The summed E-state index contributed by atoms with van der Waals surface area (Å²) in [5.41, 5.74) is 6.50. The van der Waals surface area contributed by atoms with E-state index in [1.165, 1.54) is 32.7 Å². The molecule has 0 saturated heterocycles. The van der Waals surface area contributed by atoms with E-state index >= 15 is 0 Å². The number of hydrogen-bond donors (Lipinski definition) is 0. The van der Waals surface area contributed by atoms with E-state index in [1.807, 2.05) is 11.8 Å². The minimum absolute atomic E-state index is 1.28. The molecule has 104 valence electrons. The molecule has 0 aliphatic carbocycles. The summed E-state index contributed by atoms with van der Waals surface area (Å²) >= 11 is 1.82. The fourth-order valence-corrected chi connectivity index (χ4v) is 3.45. The molecule has 0 N–H and O–H groups in total. The van der Waals surface area contributed by atoms with Gasteiger partial charge >= 0.3 is 0 Å². The van der Waals surface area contributed by atoms with Crippen molar-refractivity contribution in [2.45, 2.75) is 11.8 Å². The number of benzene rings is 3. The lowest BCUT2D eigenvalue weighted by Crippen LogP contribution is -1.89. The molecule has 3 rings (SSSR count). The Morgan fingerprint density at radius 2 is 1.10 bits per heavy atom. The van der Waals surface area contributed by atoms with Gasteiger partial charge in [0.05, 0.1) is 0 Å². The van der Waals surface area contributed by atoms with Crippen LogP contribution in [0.1, 0.15) is 5.56 Å². The second-order valence-corrected chi connectivity index (χ2v) is 5.94. The molecule has 0 heterocycles. The summed E-state index contributed by atoms with van der Waals surface area (Å²) in [6.07, 6.45) is 2.16. The third-order valence-electron chi connectivity index (χ3n) is 3.61. The van der Waals surface area contributed by atoms with Crippen LogP contribution in [-0.2, 0) is 0 Å². The molecule has 3 aromatic carbocycles. The topological polar surface area (TPSA) is 0 Å². The maximum Gasteiger partial charge on any atom is 0.0226 e. The highest BCUT2D eigenvalue weighted by molar-refractivity contribution is 7.98. The quantitative estimate of drug-likeness (QED) is 0.529. The Kier molecular flexibility index (Phi) is 4.12. The van der Waals surface area contributed by atoms with E-state index in [9.17, 15) is 0 Å². The summed E-state index contributed by atoms with van der Waals surface area (Å²) in [5, 5.41) is 0. The molecule has 0 nitrogen and oxygen atoms in total. The minimum atomic E-state index is 1.28. The smallest absolute Gasteiger partial charge is 0.0226 e. The first-order chi connectivity index (χ1) is 10.3. The summed E-state index contributed by atoms with van der Waals surface area (Å²) in [6.45, 7) is 2.17. The van der Waals surface area contributed by atoms with Gasteiger partial charge in [-0.25, -0.2) is 0 Å². The number of hydrogen-bond acceptors (Lipinski definition) is 1. The lowest BCUT2D eigenvalue weighted by molar-refractivity contribution is 1.37. The second-order valence-electron chi connectivity index (χ2n) is 5.13. The van der Waals surface area contributed by atoms with E-state index in [1.54, 1.807) is 0 Å². The van der Waals surface area contributed by atoms with Crippen LogP contribution >= 0.6 is 11.8 Å². The van der Waals surface area contributed by atoms with Gasteiger partial charge in [0.1, 0.15) is 0 Å². The molecule has 1 heteroatoms. The van der Waals surface area contributed by atoms with Gasteiger partial charge in [-0.15, -0.1) is 11.8 Å². The number of thioether (sulfide) groups is 1. The van der Waals surface area contributed by atoms with Crippen molar-refractivity contribution in [1.29, 1.82) is 0 Å². The highest BCUT2D eigenvalue weighted by Crippen LogP contribution is 2.39. The zero-order valence-electron chi connectivity index (χ0n) is 12.3. The van der Waals surface area contributed by atoms with E-state index in [0.717, 1.165) is 0 Å². The zero-order valence-corrected chi connectivity index (χ0v) is 13.2. The highest BCUT2D eigenvalue weighted by atomic mass is 32.2. The van der Waals surface area contributed by atoms with E-state index in [2.05, 4.69) is 86.0 Å². The third kappa shape index (κ3) is 2.88. The first kappa shape index (κ1) is 14.0. The standard InChI is InChI=1S/C20H18S/c1-15-13-18(16-9-5-3-6-10-16)20(21-2)19(14-15)17-11-7-4-8-12-17/h3-14H,1-2H3. The van der Waals surface area contributed by atoms with Crippen LogP contribution in [-0.4, -0.2) is 6.26 Å². The molecule has 0 aliphatic rings. The van der Waals surface area contributed by atoms with Crippen LogP contribution in [0.4, 0.5) is 0 Å². The average molecular weight is 290 g/mol. The predicted molar refractivity (Wildman–Crippen MR) is 93.8 cm³/mol. The van der Waals surface area contributed by atoms with Crippen LogP contribution in [0.3, 0.4) is 0 Å². The van der Waals surface area contributed by atoms with Gasteiger partial charge in [-0.2, -0.15) is 0 Å². The van der Waals surface area contributed by atoms with Crippen molar-refractivity contribution < 1.29 is 0 Å². The van der Waals surface area contributed by atoms with Crippen LogP contribution in [0.2, 0.25) is 0 Å². The van der Waals surface area contributed by atoms with Gasteiger partial charge in [0.15, 0.2) is 0 Å². The maximum atomic E-state index is 2.29. The van der Waals surface area contributed by atoms with Gasteiger partial charge in [-0.1, -0.05) is 72.8 Å². The molecule has 0 aliphatic heterocycles. The van der Waals surface area contributed by atoms with Gasteiger partial charge in [0.25, 0.3) is 0 Å². The van der Waals surface area contributed by atoms with E-state index in [0.29, 0.717) is 0 Å². The molecule has 3 aromatic rings. The van der Waals surface area contributed by atoms with Gasteiger partial charge in [-0.05, 0) is 41.0 Å². The molecule has 0 atom stereocenters. The highest BCUT2D eigenvalue weighted by Gasteiger charge is 2.12. The minimum Gasteiger partial charge on any atom is -0.128 e. The van der Waals surface area contributed by atoms with Crippen molar-refractivity contribution in [3.8, 4) is 22.3 Å². The van der Waals surface area contributed by atoms with Crippen molar-refractivity contribution in [2.75, 3.05) is 6.26 Å². The Morgan fingerprint density at radius 1 is 0.667 bits per heavy atom. The zero-order chi connectivity index (χ0) is 14.7. The monoisotopic (exact) mass is 290 g/mol. The van der Waals surface area contributed by atoms with E-state index < -0.39 is 0 Å².